The van der Waals surface area contributed by atoms with Crippen molar-refractivity contribution in [3.05, 3.63) is 35.9 Å². The monoisotopic (exact) mass is 340 g/mol. The second kappa shape index (κ2) is 7.29. The SMILES string of the molecule is O=C(Cn1nnnc1Cc1ccccn1)N1CCCC2CCCCC21. The average Bonchev–Trinajstić information content (AvgIpc) is 3.08. The number of likely N-dealkylation sites (tertiary alicyclic amines) is 1. The third-order valence-corrected chi connectivity index (χ3v) is 5.52. The molecule has 2 atom stereocenters. The van der Waals surface area contributed by atoms with Crippen LogP contribution in [0.2, 0.25) is 0 Å². The van der Waals surface area contributed by atoms with Crippen LogP contribution in [0.1, 0.15) is 50.0 Å². The Labute approximate surface area is 147 Å². The normalized spacial score (nSPS) is 23.3. The second-order valence-electron chi connectivity index (χ2n) is 7.09. The minimum absolute atomic E-state index is 0.145. The summed E-state index contributed by atoms with van der Waals surface area (Å²) in [6.07, 6.45) is 9.63. The van der Waals surface area contributed by atoms with E-state index in [0.717, 1.165) is 25.1 Å². The zero-order valence-electron chi connectivity index (χ0n) is 14.4. The molecule has 1 amide bonds. The van der Waals surface area contributed by atoms with Gasteiger partial charge in [-0.2, -0.15) is 0 Å². The van der Waals surface area contributed by atoms with Gasteiger partial charge in [0.2, 0.25) is 5.91 Å². The Morgan fingerprint density at radius 3 is 2.92 bits per heavy atom. The first-order chi connectivity index (χ1) is 12.3. The van der Waals surface area contributed by atoms with Gasteiger partial charge in [0, 0.05) is 24.5 Å². The van der Waals surface area contributed by atoms with Gasteiger partial charge < -0.3 is 4.90 Å². The van der Waals surface area contributed by atoms with E-state index in [4.69, 9.17) is 0 Å². The number of carbonyl (C=O) groups excluding carboxylic acids is 1. The molecule has 25 heavy (non-hydrogen) atoms. The molecule has 0 radical (unpaired) electrons. The third kappa shape index (κ3) is 3.55. The number of tetrazole rings is 1. The van der Waals surface area contributed by atoms with Gasteiger partial charge >= 0.3 is 0 Å². The molecule has 7 nitrogen and oxygen atoms in total. The maximum absolute atomic E-state index is 12.9. The first-order valence-corrected chi connectivity index (χ1v) is 9.25. The van der Waals surface area contributed by atoms with Crippen molar-refractivity contribution in [2.75, 3.05) is 6.54 Å². The lowest BCUT2D eigenvalue weighted by atomic mass is 9.78. The summed E-state index contributed by atoms with van der Waals surface area (Å²) in [5.41, 5.74) is 0.899. The van der Waals surface area contributed by atoms with E-state index in [1.807, 2.05) is 18.2 Å². The Kier molecular flexibility index (Phi) is 4.72. The number of rotatable bonds is 4. The predicted octanol–water partition coefficient (Wildman–Crippen LogP) is 1.84. The summed E-state index contributed by atoms with van der Waals surface area (Å²) < 4.78 is 1.63. The summed E-state index contributed by atoms with van der Waals surface area (Å²) >= 11 is 0. The molecule has 2 aliphatic rings. The zero-order chi connectivity index (χ0) is 17.1. The molecule has 1 aliphatic heterocycles. The largest absolute Gasteiger partial charge is 0.338 e. The average molecular weight is 340 g/mol. The van der Waals surface area contributed by atoms with E-state index in [0.29, 0.717) is 24.2 Å². The Morgan fingerprint density at radius 2 is 2.04 bits per heavy atom. The van der Waals surface area contributed by atoms with Gasteiger partial charge in [-0.15, -0.1) is 5.10 Å². The molecule has 132 valence electrons. The van der Waals surface area contributed by atoms with Crippen LogP contribution in [-0.4, -0.2) is 48.6 Å². The van der Waals surface area contributed by atoms with E-state index in [1.54, 1.807) is 10.9 Å². The Bertz CT molecular complexity index is 713. The Balaban J connectivity index is 1.45. The molecule has 0 aromatic carbocycles. The fourth-order valence-corrected chi connectivity index (χ4v) is 4.29. The lowest BCUT2D eigenvalue weighted by molar-refractivity contribution is -0.138. The molecule has 0 bridgehead atoms. The summed E-state index contributed by atoms with van der Waals surface area (Å²) in [5, 5.41) is 11.9. The van der Waals surface area contributed by atoms with Crippen LogP contribution in [0.3, 0.4) is 0 Å². The van der Waals surface area contributed by atoms with Crippen molar-refractivity contribution < 1.29 is 4.79 Å². The number of pyridine rings is 1. The topological polar surface area (TPSA) is 76.8 Å². The Morgan fingerprint density at radius 1 is 1.16 bits per heavy atom. The van der Waals surface area contributed by atoms with Crippen LogP contribution in [0, 0.1) is 5.92 Å². The van der Waals surface area contributed by atoms with Gasteiger partial charge in [0.05, 0.1) is 6.42 Å². The zero-order valence-corrected chi connectivity index (χ0v) is 14.4. The van der Waals surface area contributed by atoms with Crippen LogP contribution >= 0.6 is 0 Å². The standard InChI is InChI=1S/C18H24N6O/c25-18(23-11-5-7-14-6-1-2-9-16(14)23)13-24-17(20-21-22-24)12-15-8-3-4-10-19-15/h3-4,8,10,14,16H,1-2,5-7,9,11-13H2. The molecular formula is C18H24N6O. The molecular weight excluding hydrogens is 316 g/mol. The number of amides is 1. The fourth-order valence-electron chi connectivity index (χ4n) is 4.29. The molecule has 2 aromatic heterocycles. The first kappa shape index (κ1) is 16.2. The summed E-state index contributed by atoms with van der Waals surface area (Å²) in [6.45, 7) is 1.09. The van der Waals surface area contributed by atoms with Crippen molar-refractivity contribution in [2.45, 2.75) is 57.5 Å². The smallest absolute Gasteiger partial charge is 0.244 e. The van der Waals surface area contributed by atoms with Crippen molar-refractivity contribution in [3.8, 4) is 0 Å². The molecule has 3 heterocycles. The summed E-state index contributed by atoms with van der Waals surface area (Å²) in [5.74, 6) is 1.52. The highest BCUT2D eigenvalue weighted by Gasteiger charge is 2.35. The van der Waals surface area contributed by atoms with E-state index in [2.05, 4.69) is 25.4 Å². The number of piperidine rings is 1. The molecule has 0 spiro atoms. The van der Waals surface area contributed by atoms with Crippen molar-refractivity contribution in [1.29, 1.82) is 0 Å². The van der Waals surface area contributed by atoms with Crippen LogP contribution in [0.5, 0.6) is 0 Å². The molecule has 7 heteroatoms. The summed E-state index contributed by atoms with van der Waals surface area (Å²) in [4.78, 5) is 19.3. The number of nitrogens with zero attached hydrogens (tertiary/aromatic N) is 6. The second-order valence-corrected chi connectivity index (χ2v) is 7.09. The maximum Gasteiger partial charge on any atom is 0.244 e. The Hall–Kier alpha value is -2.31. The fraction of sp³-hybridized carbons (Fsp3) is 0.611. The van der Waals surface area contributed by atoms with E-state index < -0.39 is 0 Å². The van der Waals surface area contributed by atoms with Crippen LogP contribution in [0.15, 0.2) is 24.4 Å². The van der Waals surface area contributed by atoms with Gasteiger partial charge in [0.25, 0.3) is 0 Å². The molecule has 4 rings (SSSR count). The van der Waals surface area contributed by atoms with E-state index in [1.165, 1.54) is 25.7 Å². The number of fused-ring (bicyclic) bond motifs is 1. The molecule has 1 saturated carbocycles. The number of hydrogen-bond acceptors (Lipinski definition) is 5. The van der Waals surface area contributed by atoms with E-state index >= 15 is 0 Å². The van der Waals surface area contributed by atoms with Gasteiger partial charge in [-0.25, -0.2) is 4.68 Å². The molecule has 2 fully saturated rings. The van der Waals surface area contributed by atoms with Crippen molar-refractivity contribution >= 4 is 5.91 Å². The van der Waals surface area contributed by atoms with Crippen molar-refractivity contribution in [3.63, 3.8) is 0 Å². The van der Waals surface area contributed by atoms with E-state index in [9.17, 15) is 4.79 Å². The molecule has 2 aromatic rings. The van der Waals surface area contributed by atoms with Crippen LogP contribution < -0.4 is 0 Å². The summed E-state index contributed by atoms with van der Waals surface area (Å²) in [7, 11) is 0. The summed E-state index contributed by atoms with van der Waals surface area (Å²) in [6, 6.07) is 6.19. The van der Waals surface area contributed by atoms with Gasteiger partial charge in [-0.3, -0.25) is 9.78 Å². The minimum Gasteiger partial charge on any atom is -0.338 e. The minimum atomic E-state index is 0.145. The van der Waals surface area contributed by atoms with Crippen LogP contribution in [-0.2, 0) is 17.8 Å². The maximum atomic E-state index is 12.9. The highest BCUT2D eigenvalue weighted by molar-refractivity contribution is 5.76. The molecule has 0 N–H and O–H groups in total. The number of hydrogen-bond donors (Lipinski definition) is 0. The van der Waals surface area contributed by atoms with Crippen molar-refractivity contribution in [1.82, 2.24) is 30.1 Å². The molecule has 1 saturated heterocycles. The van der Waals surface area contributed by atoms with Crippen LogP contribution in [0.25, 0.3) is 0 Å². The van der Waals surface area contributed by atoms with Gasteiger partial charge in [0.15, 0.2) is 5.82 Å². The predicted molar refractivity (Wildman–Crippen MR) is 91.6 cm³/mol. The third-order valence-electron chi connectivity index (χ3n) is 5.52. The lowest BCUT2D eigenvalue weighted by Gasteiger charge is -2.44. The molecule has 1 aliphatic carbocycles. The van der Waals surface area contributed by atoms with Crippen LogP contribution in [0.4, 0.5) is 0 Å². The van der Waals surface area contributed by atoms with Crippen molar-refractivity contribution in [2.24, 2.45) is 5.92 Å². The highest BCUT2D eigenvalue weighted by atomic mass is 16.2. The number of carbonyl (C=O) groups is 1. The lowest BCUT2D eigenvalue weighted by Crippen LogP contribution is -2.50. The quantitative estimate of drug-likeness (QED) is 0.849. The van der Waals surface area contributed by atoms with E-state index in [-0.39, 0.29) is 12.5 Å². The molecule has 2 unspecified atom stereocenters. The van der Waals surface area contributed by atoms with Gasteiger partial charge in [0.1, 0.15) is 6.54 Å². The number of aromatic nitrogens is 5. The van der Waals surface area contributed by atoms with Gasteiger partial charge in [-0.05, 0) is 54.2 Å². The van der Waals surface area contributed by atoms with Gasteiger partial charge in [-0.1, -0.05) is 18.9 Å². The first-order valence-electron chi connectivity index (χ1n) is 9.25. The highest BCUT2D eigenvalue weighted by Crippen LogP contribution is 2.35.